The Labute approximate surface area is 178 Å². The lowest BCUT2D eigenvalue weighted by molar-refractivity contribution is 0.0640. The van der Waals surface area contributed by atoms with Crippen molar-refractivity contribution in [2.24, 2.45) is 5.92 Å². The van der Waals surface area contributed by atoms with Gasteiger partial charge in [0.15, 0.2) is 5.75 Å². The van der Waals surface area contributed by atoms with Crippen LogP contribution in [0.4, 0.5) is 0 Å². The number of rotatable bonds is 4. The summed E-state index contributed by atoms with van der Waals surface area (Å²) in [6, 6.07) is 13.3. The monoisotopic (exact) mass is 431 g/mol. The van der Waals surface area contributed by atoms with Crippen molar-refractivity contribution in [2.45, 2.75) is 19.3 Å². The second-order valence-corrected chi connectivity index (χ2v) is 7.95. The third kappa shape index (κ3) is 4.38. The second-order valence-electron chi connectivity index (χ2n) is 7.14. The fourth-order valence-corrected chi connectivity index (χ4v) is 4.03. The van der Waals surface area contributed by atoms with Gasteiger partial charge in [-0.2, -0.15) is 4.98 Å². The topological polar surface area (TPSA) is 79.5 Å². The normalized spacial score (nSPS) is 14.9. The van der Waals surface area contributed by atoms with E-state index in [1.54, 1.807) is 4.90 Å². The summed E-state index contributed by atoms with van der Waals surface area (Å²) >= 11 is 11.9. The number of hydrogen-bond donors (Lipinski definition) is 1. The minimum absolute atomic E-state index is 0.0678. The van der Waals surface area contributed by atoms with Crippen LogP contribution >= 0.6 is 23.2 Å². The number of halogens is 2. The Kier molecular flexibility index (Phi) is 5.74. The highest BCUT2D eigenvalue weighted by molar-refractivity contribution is 6.37. The molecule has 1 saturated heterocycles. The summed E-state index contributed by atoms with van der Waals surface area (Å²) in [6.45, 7) is 1.32. The molecule has 4 rings (SSSR count). The number of hydrogen-bond acceptors (Lipinski definition) is 5. The average molecular weight is 432 g/mol. The minimum atomic E-state index is -0.280. The van der Waals surface area contributed by atoms with Crippen LogP contribution in [0.1, 0.15) is 29.1 Å². The van der Waals surface area contributed by atoms with Crippen molar-refractivity contribution in [1.82, 2.24) is 15.0 Å². The molecular weight excluding hydrogens is 413 g/mol. The largest absolute Gasteiger partial charge is 0.505 e. The molecular formula is C21H19Cl2N3O3. The van der Waals surface area contributed by atoms with E-state index in [9.17, 15) is 9.90 Å². The average Bonchev–Trinajstić information content (AvgIpc) is 3.23. The summed E-state index contributed by atoms with van der Waals surface area (Å²) < 4.78 is 5.17. The van der Waals surface area contributed by atoms with E-state index >= 15 is 0 Å². The summed E-state index contributed by atoms with van der Waals surface area (Å²) in [5.74, 6) is 0.187. The van der Waals surface area contributed by atoms with Gasteiger partial charge in [-0.15, -0.1) is 0 Å². The Morgan fingerprint density at radius 1 is 1.14 bits per heavy atom. The zero-order valence-corrected chi connectivity index (χ0v) is 17.0. The van der Waals surface area contributed by atoms with Gasteiger partial charge in [-0.3, -0.25) is 4.79 Å². The predicted octanol–water partition coefficient (Wildman–Crippen LogP) is 4.84. The fraction of sp³-hybridized carbons (Fsp3) is 0.286. The van der Waals surface area contributed by atoms with Crippen LogP contribution < -0.4 is 0 Å². The number of carbonyl (C=O) groups is 1. The maximum absolute atomic E-state index is 12.7. The van der Waals surface area contributed by atoms with Gasteiger partial charge >= 0.3 is 11.8 Å². The molecule has 1 fully saturated rings. The molecule has 0 spiro atoms. The Balaban J connectivity index is 1.40. The standard InChI is InChI=1S/C21H19Cl2N3O3/c22-16-11-15(12-17(23)18(16)27)19-24-20(29-25-19)21(28)26-8-6-14(7-9-26)10-13-4-2-1-3-5-13/h1-5,11-12,14,27H,6-10H2. The predicted molar refractivity (Wildman–Crippen MR) is 110 cm³/mol. The Hall–Kier alpha value is -2.57. The molecule has 0 aliphatic carbocycles. The van der Waals surface area contributed by atoms with Crippen LogP contribution in [0.25, 0.3) is 11.4 Å². The Bertz CT molecular complexity index is 992. The number of nitrogens with zero attached hydrogens (tertiary/aromatic N) is 3. The maximum atomic E-state index is 12.7. The molecule has 1 N–H and O–H groups in total. The number of phenols is 1. The molecule has 6 nitrogen and oxygen atoms in total. The molecule has 2 aromatic carbocycles. The third-order valence-electron chi connectivity index (χ3n) is 5.15. The van der Waals surface area contributed by atoms with Crippen LogP contribution in [0, 0.1) is 5.92 Å². The zero-order valence-electron chi connectivity index (χ0n) is 15.5. The van der Waals surface area contributed by atoms with Gasteiger partial charge in [0.05, 0.1) is 10.0 Å². The first-order valence-corrected chi connectivity index (χ1v) is 10.1. The molecule has 0 unspecified atom stereocenters. The Morgan fingerprint density at radius 3 is 2.45 bits per heavy atom. The maximum Gasteiger partial charge on any atom is 0.316 e. The van der Waals surface area contributed by atoms with Crippen molar-refractivity contribution in [3.05, 3.63) is 64.0 Å². The summed E-state index contributed by atoms with van der Waals surface area (Å²) in [5, 5.41) is 13.7. The molecule has 8 heteroatoms. The molecule has 0 bridgehead atoms. The van der Waals surface area contributed by atoms with E-state index in [0.29, 0.717) is 24.6 Å². The lowest BCUT2D eigenvalue weighted by Gasteiger charge is -2.31. The molecule has 150 valence electrons. The molecule has 1 aromatic heterocycles. The SMILES string of the molecule is O=C(c1nc(-c2cc(Cl)c(O)c(Cl)c2)no1)N1CCC(Cc2ccccc2)CC1. The van der Waals surface area contributed by atoms with E-state index < -0.39 is 0 Å². The first-order chi connectivity index (χ1) is 14.0. The number of aromatic hydroxyl groups is 1. The summed E-state index contributed by atoms with van der Waals surface area (Å²) in [4.78, 5) is 18.7. The van der Waals surface area contributed by atoms with Gasteiger partial charge in [0.25, 0.3) is 0 Å². The van der Waals surface area contributed by atoms with E-state index in [4.69, 9.17) is 27.7 Å². The molecule has 1 aliphatic rings. The van der Waals surface area contributed by atoms with Gasteiger partial charge in [-0.05, 0) is 42.9 Å². The van der Waals surface area contributed by atoms with E-state index in [2.05, 4.69) is 34.4 Å². The van der Waals surface area contributed by atoms with Gasteiger partial charge in [-0.25, -0.2) is 0 Å². The van der Waals surface area contributed by atoms with Crippen molar-refractivity contribution in [2.75, 3.05) is 13.1 Å². The summed E-state index contributed by atoms with van der Waals surface area (Å²) in [6.07, 6.45) is 2.89. The zero-order chi connectivity index (χ0) is 20.4. The van der Waals surface area contributed by atoms with Crippen LogP contribution in [0.5, 0.6) is 5.75 Å². The summed E-state index contributed by atoms with van der Waals surface area (Å²) in [7, 11) is 0. The highest BCUT2D eigenvalue weighted by Crippen LogP contribution is 2.35. The number of amides is 1. The van der Waals surface area contributed by atoms with Gasteiger partial charge in [0.2, 0.25) is 5.82 Å². The third-order valence-corrected chi connectivity index (χ3v) is 5.73. The fourth-order valence-electron chi connectivity index (χ4n) is 3.55. The second kappa shape index (κ2) is 8.43. The van der Waals surface area contributed by atoms with Gasteiger partial charge in [0.1, 0.15) is 0 Å². The number of carbonyl (C=O) groups excluding carboxylic acids is 1. The van der Waals surface area contributed by atoms with Crippen LogP contribution in [-0.2, 0) is 6.42 Å². The van der Waals surface area contributed by atoms with Crippen molar-refractivity contribution < 1.29 is 14.4 Å². The van der Waals surface area contributed by atoms with E-state index in [0.717, 1.165) is 19.3 Å². The number of benzene rings is 2. The lowest BCUT2D eigenvalue weighted by atomic mass is 9.90. The van der Waals surface area contributed by atoms with E-state index in [1.165, 1.54) is 17.7 Å². The summed E-state index contributed by atoms with van der Waals surface area (Å²) in [5.41, 5.74) is 1.78. The molecule has 1 amide bonds. The molecule has 1 aliphatic heterocycles. The van der Waals surface area contributed by atoms with Gasteiger partial charge in [-0.1, -0.05) is 58.7 Å². The molecule has 0 atom stereocenters. The van der Waals surface area contributed by atoms with E-state index in [1.807, 2.05) is 6.07 Å². The molecule has 3 aromatic rings. The van der Waals surface area contributed by atoms with Crippen LogP contribution in [-0.4, -0.2) is 39.1 Å². The van der Waals surface area contributed by atoms with Gasteiger partial charge < -0.3 is 14.5 Å². The molecule has 29 heavy (non-hydrogen) atoms. The molecule has 2 heterocycles. The van der Waals surface area contributed by atoms with Crippen molar-refractivity contribution >= 4 is 29.1 Å². The van der Waals surface area contributed by atoms with E-state index in [-0.39, 0.29) is 33.4 Å². The highest BCUT2D eigenvalue weighted by Gasteiger charge is 2.27. The number of likely N-dealkylation sites (tertiary alicyclic amines) is 1. The van der Waals surface area contributed by atoms with Crippen molar-refractivity contribution in [3.63, 3.8) is 0 Å². The van der Waals surface area contributed by atoms with Crippen LogP contribution in [0.2, 0.25) is 10.0 Å². The lowest BCUT2D eigenvalue weighted by Crippen LogP contribution is -2.39. The van der Waals surface area contributed by atoms with Crippen molar-refractivity contribution in [3.8, 4) is 17.1 Å². The van der Waals surface area contributed by atoms with Crippen LogP contribution in [0.15, 0.2) is 47.0 Å². The first-order valence-electron chi connectivity index (χ1n) is 9.36. The number of phenolic OH excluding ortho intramolecular Hbond substituents is 1. The minimum Gasteiger partial charge on any atom is -0.505 e. The first kappa shape index (κ1) is 19.7. The highest BCUT2D eigenvalue weighted by atomic mass is 35.5. The van der Waals surface area contributed by atoms with Crippen LogP contribution in [0.3, 0.4) is 0 Å². The molecule has 0 saturated carbocycles. The Morgan fingerprint density at radius 2 is 1.79 bits per heavy atom. The number of aromatic nitrogens is 2. The smallest absolute Gasteiger partial charge is 0.316 e. The van der Waals surface area contributed by atoms with Crippen molar-refractivity contribution in [1.29, 1.82) is 0 Å². The quantitative estimate of drug-likeness (QED) is 0.638. The number of piperidine rings is 1. The molecule has 0 radical (unpaired) electrons. The van der Waals surface area contributed by atoms with Gasteiger partial charge in [0, 0.05) is 18.7 Å².